The van der Waals surface area contributed by atoms with Gasteiger partial charge in [0.2, 0.25) is 0 Å². The summed E-state index contributed by atoms with van der Waals surface area (Å²) >= 11 is 5.87. The summed E-state index contributed by atoms with van der Waals surface area (Å²) in [6.07, 6.45) is 0. The third kappa shape index (κ3) is 3.52. The van der Waals surface area contributed by atoms with E-state index < -0.39 is 0 Å². The second-order valence-corrected chi connectivity index (χ2v) is 5.30. The number of aromatic nitrogens is 2. The van der Waals surface area contributed by atoms with Gasteiger partial charge in [0.1, 0.15) is 11.4 Å². The third-order valence-corrected chi connectivity index (χ3v) is 3.54. The summed E-state index contributed by atoms with van der Waals surface area (Å²) in [6, 6.07) is 16.1. The topological polar surface area (TPSA) is 67.0 Å². The minimum Gasteiger partial charge on any atom is -0.497 e. The molecule has 0 atom stereocenters. The molecule has 2 N–H and O–H groups in total. The molecule has 3 rings (SSSR count). The molecular weight excluding hydrogens is 314 g/mol. The van der Waals surface area contributed by atoms with Crippen LogP contribution in [0.15, 0.2) is 54.6 Å². The Morgan fingerprint density at radius 2 is 1.96 bits per heavy atom. The Morgan fingerprint density at radius 1 is 1.17 bits per heavy atom. The smallest absolute Gasteiger partial charge is 0.273 e. The van der Waals surface area contributed by atoms with Crippen molar-refractivity contribution in [1.29, 1.82) is 0 Å². The molecular formula is C17H14ClN3O2. The first-order valence-corrected chi connectivity index (χ1v) is 7.30. The lowest BCUT2D eigenvalue weighted by Gasteiger charge is -2.05. The molecule has 2 aromatic carbocycles. The van der Waals surface area contributed by atoms with Crippen LogP contribution in [-0.2, 0) is 0 Å². The van der Waals surface area contributed by atoms with E-state index in [9.17, 15) is 4.79 Å². The summed E-state index contributed by atoms with van der Waals surface area (Å²) in [5, 5.41) is 10.3. The monoisotopic (exact) mass is 327 g/mol. The molecule has 1 amide bonds. The number of benzene rings is 2. The van der Waals surface area contributed by atoms with E-state index in [1.165, 1.54) is 0 Å². The number of H-pyrrole nitrogens is 1. The predicted octanol–water partition coefficient (Wildman–Crippen LogP) is 3.99. The number of rotatable bonds is 4. The lowest BCUT2D eigenvalue weighted by molar-refractivity contribution is 0.102. The lowest BCUT2D eigenvalue weighted by atomic mass is 10.1. The normalized spacial score (nSPS) is 10.3. The zero-order valence-corrected chi connectivity index (χ0v) is 13.1. The average Bonchev–Trinajstić information content (AvgIpc) is 3.06. The van der Waals surface area contributed by atoms with Crippen LogP contribution in [0, 0.1) is 0 Å². The van der Waals surface area contributed by atoms with E-state index in [4.69, 9.17) is 16.3 Å². The van der Waals surface area contributed by atoms with Gasteiger partial charge in [-0.3, -0.25) is 9.89 Å². The number of hydrogen-bond donors (Lipinski definition) is 2. The molecule has 0 radical (unpaired) electrons. The molecule has 0 saturated heterocycles. The van der Waals surface area contributed by atoms with Crippen LogP contribution in [0.2, 0.25) is 5.02 Å². The zero-order chi connectivity index (χ0) is 16.2. The van der Waals surface area contributed by atoms with Gasteiger partial charge < -0.3 is 10.1 Å². The summed E-state index contributed by atoms with van der Waals surface area (Å²) in [6.45, 7) is 0. The first kappa shape index (κ1) is 15.1. The van der Waals surface area contributed by atoms with Crippen LogP contribution in [0.1, 0.15) is 10.5 Å². The van der Waals surface area contributed by atoms with Crippen molar-refractivity contribution < 1.29 is 9.53 Å². The first-order valence-electron chi connectivity index (χ1n) is 6.92. The van der Waals surface area contributed by atoms with Gasteiger partial charge in [-0.1, -0.05) is 29.8 Å². The van der Waals surface area contributed by atoms with E-state index in [0.717, 1.165) is 5.56 Å². The minimum atomic E-state index is -0.272. The van der Waals surface area contributed by atoms with Gasteiger partial charge in [0.05, 0.1) is 12.8 Å². The maximum Gasteiger partial charge on any atom is 0.273 e. The molecule has 5 nitrogen and oxygen atoms in total. The third-order valence-electron chi connectivity index (χ3n) is 3.29. The number of hydrogen-bond acceptors (Lipinski definition) is 3. The van der Waals surface area contributed by atoms with Gasteiger partial charge in [-0.25, -0.2) is 0 Å². The van der Waals surface area contributed by atoms with E-state index in [1.54, 1.807) is 43.5 Å². The van der Waals surface area contributed by atoms with Gasteiger partial charge in [-0.2, -0.15) is 5.10 Å². The molecule has 0 aliphatic rings. The number of nitrogens with zero attached hydrogens (tertiary/aromatic N) is 1. The van der Waals surface area contributed by atoms with Crippen molar-refractivity contribution in [3.05, 3.63) is 65.3 Å². The molecule has 1 aromatic heterocycles. The van der Waals surface area contributed by atoms with Gasteiger partial charge in [-0.15, -0.1) is 0 Å². The minimum absolute atomic E-state index is 0.272. The summed E-state index contributed by atoms with van der Waals surface area (Å²) in [5.74, 6) is 0.403. The van der Waals surface area contributed by atoms with Gasteiger partial charge in [-0.05, 0) is 30.3 Å². The maximum atomic E-state index is 12.3. The second-order valence-electron chi connectivity index (χ2n) is 4.86. The molecule has 0 spiro atoms. The average molecular weight is 328 g/mol. The number of anilines is 1. The number of methoxy groups -OCH3 is 1. The largest absolute Gasteiger partial charge is 0.497 e. The number of carbonyl (C=O) groups is 1. The lowest BCUT2D eigenvalue weighted by Crippen LogP contribution is -2.12. The van der Waals surface area contributed by atoms with Crippen LogP contribution in [0.4, 0.5) is 5.69 Å². The van der Waals surface area contributed by atoms with Crippen LogP contribution in [0.5, 0.6) is 5.75 Å². The van der Waals surface area contributed by atoms with Crippen LogP contribution >= 0.6 is 11.6 Å². The highest BCUT2D eigenvalue weighted by Crippen LogP contribution is 2.21. The molecule has 0 aliphatic heterocycles. The van der Waals surface area contributed by atoms with Crippen LogP contribution in [0.3, 0.4) is 0 Å². The van der Waals surface area contributed by atoms with Crippen molar-refractivity contribution in [3.63, 3.8) is 0 Å². The van der Waals surface area contributed by atoms with Crippen LogP contribution < -0.4 is 10.1 Å². The summed E-state index contributed by atoms with van der Waals surface area (Å²) in [4.78, 5) is 12.3. The molecule has 0 fully saturated rings. The molecule has 116 valence electrons. The fraction of sp³-hybridized carbons (Fsp3) is 0.0588. The molecule has 3 aromatic rings. The Balaban J connectivity index is 1.76. The summed E-state index contributed by atoms with van der Waals surface area (Å²) in [5.41, 5.74) is 2.58. The standard InChI is InChI=1S/C17H14ClN3O2/c1-23-14-4-2-3-13(9-14)19-17(22)16-10-15(20-21-16)11-5-7-12(18)8-6-11/h2-10H,1H3,(H,19,22)(H,20,21). The quantitative estimate of drug-likeness (QED) is 0.761. The zero-order valence-electron chi connectivity index (χ0n) is 12.3. The van der Waals surface area contributed by atoms with Crippen molar-refractivity contribution in [2.24, 2.45) is 0 Å². The molecule has 0 saturated carbocycles. The molecule has 0 unspecified atom stereocenters. The summed E-state index contributed by atoms with van der Waals surface area (Å²) in [7, 11) is 1.58. The Bertz CT molecular complexity index is 828. The van der Waals surface area contributed by atoms with E-state index >= 15 is 0 Å². The van der Waals surface area contributed by atoms with Crippen LogP contribution in [0.25, 0.3) is 11.3 Å². The maximum absolute atomic E-state index is 12.3. The van der Waals surface area contributed by atoms with Crippen molar-refractivity contribution in [2.45, 2.75) is 0 Å². The Labute approximate surface area is 138 Å². The van der Waals surface area contributed by atoms with E-state index in [2.05, 4.69) is 15.5 Å². The van der Waals surface area contributed by atoms with Gasteiger partial charge >= 0.3 is 0 Å². The van der Waals surface area contributed by atoms with Crippen molar-refractivity contribution >= 4 is 23.2 Å². The number of aromatic amines is 1. The van der Waals surface area contributed by atoms with E-state index in [1.807, 2.05) is 18.2 Å². The van der Waals surface area contributed by atoms with Crippen molar-refractivity contribution in [3.8, 4) is 17.0 Å². The van der Waals surface area contributed by atoms with Crippen molar-refractivity contribution in [1.82, 2.24) is 10.2 Å². The fourth-order valence-corrected chi connectivity index (χ4v) is 2.23. The second kappa shape index (κ2) is 6.54. The van der Waals surface area contributed by atoms with E-state index in [0.29, 0.717) is 27.8 Å². The number of amides is 1. The van der Waals surface area contributed by atoms with Crippen LogP contribution in [-0.4, -0.2) is 23.2 Å². The Kier molecular flexibility index (Phi) is 4.30. The predicted molar refractivity (Wildman–Crippen MR) is 90.0 cm³/mol. The van der Waals surface area contributed by atoms with E-state index in [-0.39, 0.29) is 5.91 Å². The molecule has 23 heavy (non-hydrogen) atoms. The van der Waals surface area contributed by atoms with Gasteiger partial charge in [0.15, 0.2) is 0 Å². The molecule has 1 heterocycles. The number of carbonyl (C=O) groups excluding carboxylic acids is 1. The van der Waals surface area contributed by atoms with Gasteiger partial charge in [0.25, 0.3) is 5.91 Å². The molecule has 6 heteroatoms. The number of halogens is 1. The first-order chi connectivity index (χ1) is 11.2. The molecule has 0 aliphatic carbocycles. The highest BCUT2D eigenvalue weighted by Gasteiger charge is 2.11. The Hall–Kier alpha value is -2.79. The summed E-state index contributed by atoms with van der Waals surface area (Å²) < 4.78 is 5.13. The Morgan fingerprint density at radius 3 is 2.70 bits per heavy atom. The highest BCUT2D eigenvalue weighted by molar-refractivity contribution is 6.30. The number of ether oxygens (including phenoxy) is 1. The van der Waals surface area contributed by atoms with Gasteiger partial charge in [0, 0.05) is 22.3 Å². The SMILES string of the molecule is COc1cccc(NC(=O)c2cc(-c3ccc(Cl)cc3)n[nH]2)c1. The van der Waals surface area contributed by atoms with Crippen molar-refractivity contribution in [2.75, 3.05) is 12.4 Å². The number of nitrogens with one attached hydrogen (secondary N) is 2. The molecule has 0 bridgehead atoms. The fourth-order valence-electron chi connectivity index (χ4n) is 2.11. The highest BCUT2D eigenvalue weighted by atomic mass is 35.5.